The van der Waals surface area contributed by atoms with Gasteiger partial charge in [0, 0.05) is 32.1 Å². The number of ether oxygens (including phenoxy) is 1. The molecule has 0 spiro atoms. The first-order valence-electron chi connectivity index (χ1n) is 10.9. The zero-order valence-electron chi connectivity index (χ0n) is 18.5. The number of hydrogen-bond donors (Lipinski definition) is 0. The quantitative estimate of drug-likeness (QED) is 0.214. The average molecular weight is 559 g/mol. The molecule has 0 radical (unpaired) electrons. The van der Waals surface area contributed by atoms with Gasteiger partial charge in [0.2, 0.25) is 0 Å². The first-order chi connectivity index (χ1) is 16.5. The van der Waals surface area contributed by atoms with Crippen molar-refractivity contribution >= 4 is 56.2 Å². The molecule has 0 aliphatic carbocycles. The molecule has 0 saturated carbocycles. The van der Waals surface area contributed by atoms with E-state index in [0.29, 0.717) is 44.5 Å². The first kappa shape index (κ1) is 24.5. The van der Waals surface area contributed by atoms with E-state index in [4.69, 9.17) is 32.9 Å². The minimum atomic E-state index is -0.228. The van der Waals surface area contributed by atoms with Crippen LogP contribution in [0.1, 0.15) is 36.7 Å². The van der Waals surface area contributed by atoms with Crippen molar-refractivity contribution in [3.63, 3.8) is 0 Å². The molecule has 0 atom stereocenters. The molecule has 0 bridgehead atoms. The average Bonchev–Trinajstić information content (AvgIpc) is 2.83. The van der Waals surface area contributed by atoms with Crippen LogP contribution in [-0.4, -0.2) is 15.9 Å². The van der Waals surface area contributed by atoms with E-state index in [1.54, 1.807) is 30.5 Å². The third-order valence-electron chi connectivity index (χ3n) is 5.25. The second-order valence-electron chi connectivity index (χ2n) is 7.72. The Morgan fingerprint density at radius 1 is 1.12 bits per heavy atom. The molecule has 4 rings (SSSR count). The van der Waals surface area contributed by atoms with Gasteiger partial charge in [0.1, 0.15) is 18.2 Å². The van der Waals surface area contributed by atoms with Gasteiger partial charge in [-0.15, -0.1) is 0 Å². The Hall–Kier alpha value is -2.67. The lowest BCUT2D eigenvalue weighted by Crippen LogP contribution is -2.22. The molecule has 8 heteroatoms. The maximum absolute atomic E-state index is 13.3. The molecule has 0 aliphatic heterocycles. The van der Waals surface area contributed by atoms with Crippen molar-refractivity contribution in [1.29, 1.82) is 0 Å². The third kappa shape index (κ3) is 5.69. The van der Waals surface area contributed by atoms with E-state index >= 15 is 0 Å². The number of nitrogens with zero attached hydrogens (tertiary/aromatic N) is 3. The molecule has 0 N–H and O–H groups in total. The number of rotatable bonds is 8. The molecular weight excluding hydrogens is 537 g/mol. The molecule has 1 heterocycles. The van der Waals surface area contributed by atoms with Gasteiger partial charge in [0.05, 0.1) is 17.1 Å². The maximum Gasteiger partial charge on any atom is 0.282 e. The predicted molar refractivity (Wildman–Crippen MR) is 143 cm³/mol. The Kier molecular flexibility index (Phi) is 8.03. The summed E-state index contributed by atoms with van der Waals surface area (Å²) in [6.07, 6.45) is 4.09. The van der Waals surface area contributed by atoms with Crippen LogP contribution in [0.15, 0.2) is 75.0 Å². The number of unbranched alkanes of at least 4 members (excludes halogenated alkanes) is 1. The number of aromatic nitrogens is 2. The number of fused-ring (bicyclic) bond motifs is 1. The second-order valence-corrected chi connectivity index (χ2v) is 9.48. The van der Waals surface area contributed by atoms with Gasteiger partial charge >= 0.3 is 0 Å². The van der Waals surface area contributed by atoms with Crippen molar-refractivity contribution in [2.75, 3.05) is 0 Å². The second kappa shape index (κ2) is 11.2. The van der Waals surface area contributed by atoms with Crippen LogP contribution in [0.5, 0.6) is 5.75 Å². The van der Waals surface area contributed by atoms with Crippen LogP contribution in [0.4, 0.5) is 0 Å². The normalized spacial score (nSPS) is 11.4. The number of aryl methyl sites for hydroxylation is 1. The highest BCUT2D eigenvalue weighted by atomic mass is 79.9. The summed E-state index contributed by atoms with van der Waals surface area (Å²) in [4.78, 5) is 18.0. The first-order valence-corrected chi connectivity index (χ1v) is 12.4. The van der Waals surface area contributed by atoms with Crippen molar-refractivity contribution in [3.8, 4) is 5.75 Å². The monoisotopic (exact) mass is 557 g/mol. The highest BCUT2D eigenvalue weighted by molar-refractivity contribution is 9.10. The molecule has 1 aromatic heterocycles. The van der Waals surface area contributed by atoms with Gasteiger partial charge in [0.15, 0.2) is 0 Å². The van der Waals surface area contributed by atoms with Crippen molar-refractivity contribution in [1.82, 2.24) is 9.66 Å². The molecule has 34 heavy (non-hydrogen) atoms. The van der Waals surface area contributed by atoms with Crippen LogP contribution >= 0.6 is 39.1 Å². The van der Waals surface area contributed by atoms with Gasteiger partial charge in [-0.05, 0) is 48.9 Å². The summed E-state index contributed by atoms with van der Waals surface area (Å²) in [6, 6.07) is 18.2. The van der Waals surface area contributed by atoms with E-state index in [9.17, 15) is 4.79 Å². The molecule has 0 unspecified atom stereocenters. The fourth-order valence-corrected chi connectivity index (χ4v) is 4.18. The van der Waals surface area contributed by atoms with Crippen LogP contribution in [-0.2, 0) is 13.0 Å². The zero-order chi connectivity index (χ0) is 24.1. The fourth-order valence-electron chi connectivity index (χ4n) is 3.45. The van der Waals surface area contributed by atoms with Crippen LogP contribution in [0, 0.1) is 0 Å². The standard InChI is InChI=1S/C26H22BrCl2N3O2/c1-2-3-8-25-31-23-11-9-19(27)14-21(23)26(33)32(25)30-15-18-13-20(28)10-12-24(18)34-16-17-6-4-5-7-22(17)29/h4-7,9-15H,2-3,8,16H2,1H3. The van der Waals surface area contributed by atoms with Gasteiger partial charge in [0.25, 0.3) is 5.56 Å². The third-order valence-corrected chi connectivity index (χ3v) is 6.35. The minimum Gasteiger partial charge on any atom is -0.488 e. The maximum atomic E-state index is 13.3. The minimum absolute atomic E-state index is 0.228. The summed E-state index contributed by atoms with van der Waals surface area (Å²) in [6.45, 7) is 2.38. The Labute approximate surface area is 216 Å². The van der Waals surface area contributed by atoms with Crippen LogP contribution in [0.3, 0.4) is 0 Å². The van der Waals surface area contributed by atoms with E-state index in [1.807, 2.05) is 36.4 Å². The fraction of sp³-hybridized carbons (Fsp3) is 0.192. The van der Waals surface area contributed by atoms with Gasteiger partial charge < -0.3 is 4.74 Å². The lowest BCUT2D eigenvalue weighted by molar-refractivity contribution is 0.306. The van der Waals surface area contributed by atoms with Crippen molar-refractivity contribution in [2.45, 2.75) is 32.8 Å². The Bertz CT molecular complexity index is 1420. The van der Waals surface area contributed by atoms with Gasteiger partial charge in [-0.25, -0.2) is 4.98 Å². The lowest BCUT2D eigenvalue weighted by Gasteiger charge is -2.12. The van der Waals surface area contributed by atoms with E-state index < -0.39 is 0 Å². The summed E-state index contributed by atoms with van der Waals surface area (Å²) in [7, 11) is 0. The molecule has 0 amide bonds. The molecule has 0 aliphatic rings. The Morgan fingerprint density at radius 2 is 1.94 bits per heavy atom. The van der Waals surface area contributed by atoms with Crippen molar-refractivity contribution in [3.05, 3.63) is 102 Å². The highest BCUT2D eigenvalue weighted by Crippen LogP contribution is 2.24. The highest BCUT2D eigenvalue weighted by Gasteiger charge is 2.12. The topological polar surface area (TPSA) is 56.5 Å². The van der Waals surface area contributed by atoms with Crippen LogP contribution in [0.25, 0.3) is 10.9 Å². The number of hydrogen-bond acceptors (Lipinski definition) is 4. The van der Waals surface area contributed by atoms with E-state index in [-0.39, 0.29) is 12.2 Å². The van der Waals surface area contributed by atoms with E-state index in [0.717, 1.165) is 22.9 Å². The summed E-state index contributed by atoms with van der Waals surface area (Å²) < 4.78 is 8.19. The summed E-state index contributed by atoms with van der Waals surface area (Å²) in [5, 5.41) is 6.18. The van der Waals surface area contributed by atoms with Gasteiger partial charge in [-0.2, -0.15) is 9.78 Å². The molecule has 0 saturated heterocycles. The zero-order valence-corrected chi connectivity index (χ0v) is 21.6. The molecule has 3 aromatic carbocycles. The van der Waals surface area contributed by atoms with Crippen molar-refractivity contribution < 1.29 is 4.74 Å². The lowest BCUT2D eigenvalue weighted by atomic mass is 10.2. The number of halogens is 3. The molecule has 4 aromatic rings. The van der Waals surface area contributed by atoms with Crippen LogP contribution in [0.2, 0.25) is 10.0 Å². The van der Waals surface area contributed by atoms with Crippen LogP contribution < -0.4 is 10.3 Å². The van der Waals surface area contributed by atoms with Crippen molar-refractivity contribution in [2.24, 2.45) is 5.10 Å². The summed E-state index contributed by atoms with van der Waals surface area (Å²) in [5.41, 5.74) is 1.93. The number of benzene rings is 3. The molecular formula is C26H22BrCl2N3O2. The SMILES string of the molecule is CCCCc1nc2ccc(Br)cc2c(=O)n1N=Cc1cc(Cl)ccc1OCc1ccccc1Cl. The Balaban J connectivity index is 1.72. The van der Waals surface area contributed by atoms with Gasteiger partial charge in [-0.3, -0.25) is 4.79 Å². The Morgan fingerprint density at radius 3 is 2.74 bits per heavy atom. The summed E-state index contributed by atoms with van der Waals surface area (Å²) >= 11 is 15.9. The predicted octanol–water partition coefficient (Wildman–Crippen LogP) is 7.27. The van der Waals surface area contributed by atoms with E-state index in [2.05, 4.69) is 28.0 Å². The largest absolute Gasteiger partial charge is 0.488 e. The van der Waals surface area contributed by atoms with Gasteiger partial charge in [-0.1, -0.05) is 70.7 Å². The van der Waals surface area contributed by atoms with E-state index in [1.165, 1.54) is 4.68 Å². The molecule has 5 nitrogen and oxygen atoms in total. The smallest absolute Gasteiger partial charge is 0.282 e. The molecule has 174 valence electrons. The molecule has 0 fully saturated rings. The summed E-state index contributed by atoms with van der Waals surface area (Å²) in [5.74, 6) is 1.19.